The van der Waals surface area contributed by atoms with Gasteiger partial charge in [0, 0.05) is 42.7 Å². The van der Waals surface area contributed by atoms with Gasteiger partial charge in [-0.25, -0.2) is 4.39 Å². The number of halogens is 1. The molecule has 1 N–H and O–H groups in total. The summed E-state index contributed by atoms with van der Waals surface area (Å²) in [6.07, 6.45) is 5.34. The van der Waals surface area contributed by atoms with Crippen molar-refractivity contribution in [3.63, 3.8) is 0 Å². The number of aromatic nitrogens is 1. The van der Waals surface area contributed by atoms with Crippen LogP contribution in [0.25, 0.3) is 11.1 Å². The lowest BCUT2D eigenvalue weighted by atomic mass is 10.0. The highest BCUT2D eigenvalue weighted by Gasteiger charge is 2.22. The second kappa shape index (κ2) is 8.97. The van der Waals surface area contributed by atoms with Crippen LogP contribution in [-0.2, 0) is 6.54 Å². The number of amides is 1. The van der Waals surface area contributed by atoms with E-state index in [4.69, 9.17) is 0 Å². The summed E-state index contributed by atoms with van der Waals surface area (Å²) in [5.41, 5.74) is 3.15. The van der Waals surface area contributed by atoms with E-state index in [1.807, 2.05) is 54.6 Å². The summed E-state index contributed by atoms with van der Waals surface area (Å²) in [6, 6.07) is 18.5. The molecule has 0 bridgehead atoms. The minimum absolute atomic E-state index is 0.0506. The van der Waals surface area contributed by atoms with Crippen LogP contribution in [0.15, 0.2) is 73.1 Å². The Kier molecular flexibility index (Phi) is 5.96. The Morgan fingerprint density at radius 3 is 2.62 bits per heavy atom. The summed E-state index contributed by atoms with van der Waals surface area (Å²) in [4.78, 5) is 18.6. The molecule has 1 saturated heterocycles. The minimum atomic E-state index is -0.199. The van der Waals surface area contributed by atoms with E-state index in [2.05, 4.69) is 15.2 Å². The van der Waals surface area contributed by atoms with E-state index in [0.29, 0.717) is 17.7 Å². The van der Waals surface area contributed by atoms with Crippen LogP contribution in [0.2, 0.25) is 0 Å². The van der Waals surface area contributed by atoms with Crippen molar-refractivity contribution < 1.29 is 9.18 Å². The van der Waals surface area contributed by atoms with Crippen molar-refractivity contribution >= 4 is 5.91 Å². The van der Waals surface area contributed by atoms with E-state index in [0.717, 1.165) is 37.1 Å². The molecule has 0 radical (unpaired) electrons. The first-order chi connectivity index (χ1) is 14.2. The van der Waals surface area contributed by atoms with Crippen LogP contribution in [-0.4, -0.2) is 34.9 Å². The van der Waals surface area contributed by atoms with Crippen LogP contribution in [0.4, 0.5) is 4.39 Å². The van der Waals surface area contributed by atoms with Gasteiger partial charge in [0.25, 0.3) is 5.91 Å². The first-order valence-electron chi connectivity index (χ1n) is 9.96. The highest BCUT2D eigenvalue weighted by molar-refractivity contribution is 5.94. The van der Waals surface area contributed by atoms with E-state index in [-0.39, 0.29) is 17.8 Å². The summed E-state index contributed by atoms with van der Waals surface area (Å²) in [6.45, 7) is 2.17. The van der Waals surface area contributed by atoms with E-state index in [9.17, 15) is 9.18 Å². The SMILES string of the molecule is O=C(NC1CCCN(Cc2ccc(-c3ccncc3)cc2F)C1)c1ccccc1. The Morgan fingerprint density at radius 1 is 1.07 bits per heavy atom. The van der Waals surface area contributed by atoms with Gasteiger partial charge < -0.3 is 5.32 Å². The van der Waals surface area contributed by atoms with E-state index >= 15 is 0 Å². The minimum Gasteiger partial charge on any atom is -0.348 e. The fraction of sp³-hybridized carbons (Fsp3) is 0.250. The van der Waals surface area contributed by atoms with Gasteiger partial charge in [0.2, 0.25) is 0 Å². The number of carbonyl (C=O) groups is 1. The molecule has 3 aromatic rings. The number of nitrogens with one attached hydrogen (secondary N) is 1. The lowest BCUT2D eigenvalue weighted by molar-refractivity contribution is 0.0900. The van der Waals surface area contributed by atoms with Gasteiger partial charge in [-0.2, -0.15) is 0 Å². The predicted octanol–water partition coefficient (Wildman–Crippen LogP) is 4.28. The van der Waals surface area contributed by atoms with E-state index in [1.165, 1.54) is 0 Å². The van der Waals surface area contributed by atoms with Gasteiger partial charge in [-0.3, -0.25) is 14.7 Å². The lowest BCUT2D eigenvalue weighted by Gasteiger charge is -2.33. The summed E-state index contributed by atoms with van der Waals surface area (Å²) in [5, 5.41) is 3.12. The van der Waals surface area contributed by atoms with E-state index < -0.39 is 0 Å². The molecule has 0 spiro atoms. The third-order valence-corrected chi connectivity index (χ3v) is 5.34. The first kappa shape index (κ1) is 19.3. The molecular formula is C24H24FN3O. The van der Waals surface area contributed by atoms with Crippen molar-refractivity contribution in [3.05, 3.63) is 90.0 Å². The standard InChI is InChI=1S/C24H24FN3O/c25-23-15-20(18-10-12-26-13-11-18)8-9-21(23)16-28-14-4-7-22(17-28)27-24(29)19-5-2-1-3-6-19/h1-3,5-6,8-13,15,22H,4,7,14,16-17H2,(H,27,29). The number of likely N-dealkylation sites (tertiary alicyclic amines) is 1. The Labute approximate surface area is 170 Å². The van der Waals surface area contributed by atoms with Gasteiger partial charge in [0.05, 0.1) is 0 Å². The second-order valence-electron chi connectivity index (χ2n) is 7.46. The Balaban J connectivity index is 1.38. The molecule has 1 aliphatic rings. The fourth-order valence-electron chi connectivity index (χ4n) is 3.82. The fourth-order valence-corrected chi connectivity index (χ4v) is 3.82. The highest BCUT2D eigenvalue weighted by atomic mass is 19.1. The van der Waals surface area contributed by atoms with Gasteiger partial charge in [-0.05, 0) is 60.8 Å². The molecule has 5 heteroatoms. The molecule has 1 unspecified atom stereocenters. The summed E-state index contributed by atoms with van der Waals surface area (Å²) in [5.74, 6) is -0.250. The maximum absolute atomic E-state index is 14.7. The average Bonchev–Trinajstić information content (AvgIpc) is 2.77. The predicted molar refractivity (Wildman–Crippen MR) is 112 cm³/mol. The van der Waals surface area contributed by atoms with Gasteiger partial charge >= 0.3 is 0 Å². The molecular weight excluding hydrogens is 365 g/mol. The number of benzene rings is 2. The molecule has 1 amide bonds. The number of hydrogen-bond donors (Lipinski definition) is 1. The van der Waals surface area contributed by atoms with Crippen LogP contribution in [0.1, 0.15) is 28.8 Å². The number of carbonyl (C=O) groups excluding carboxylic acids is 1. The molecule has 4 rings (SSSR count). The summed E-state index contributed by atoms with van der Waals surface area (Å²) < 4.78 is 14.7. The smallest absolute Gasteiger partial charge is 0.251 e. The molecule has 1 aromatic heterocycles. The summed E-state index contributed by atoms with van der Waals surface area (Å²) in [7, 11) is 0. The Morgan fingerprint density at radius 2 is 1.86 bits per heavy atom. The van der Waals surface area contributed by atoms with Crippen molar-refractivity contribution in [3.8, 4) is 11.1 Å². The quantitative estimate of drug-likeness (QED) is 0.708. The van der Waals surface area contributed by atoms with Crippen molar-refractivity contribution in [1.82, 2.24) is 15.2 Å². The number of nitrogens with zero attached hydrogens (tertiary/aromatic N) is 2. The molecule has 29 heavy (non-hydrogen) atoms. The Hall–Kier alpha value is -3.05. The molecule has 0 aliphatic carbocycles. The van der Waals surface area contributed by atoms with Crippen LogP contribution in [0, 0.1) is 5.82 Å². The molecule has 1 fully saturated rings. The van der Waals surface area contributed by atoms with Crippen molar-refractivity contribution in [1.29, 1.82) is 0 Å². The van der Waals surface area contributed by atoms with Gasteiger partial charge in [-0.15, -0.1) is 0 Å². The number of rotatable bonds is 5. The zero-order valence-electron chi connectivity index (χ0n) is 16.2. The third kappa shape index (κ3) is 4.87. The molecule has 2 heterocycles. The summed E-state index contributed by atoms with van der Waals surface area (Å²) >= 11 is 0. The molecule has 1 atom stereocenters. The highest BCUT2D eigenvalue weighted by Crippen LogP contribution is 2.23. The van der Waals surface area contributed by atoms with Gasteiger partial charge in [-0.1, -0.05) is 30.3 Å². The lowest BCUT2D eigenvalue weighted by Crippen LogP contribution is -2.47. The van der Waals surface area contributed by atoms with Crippen molar-refractivity contribution in [2.75, 3.05) is 13.1 Å². The number of piperidine rings is 1. The average molecular weight is 389 g/mol. The van der Waals surface area contributed by atoms with Crippen molar-refractivity contribution in [2.24, 2.45) is 0 Å². The second-order valence-corrected chi connectivity index (χ2v) is 7.46. The Bertz CT molecular complexity index is 962. The largest absolute Gasteiger partial charge is 0.348 e. The van der Waals surface area contributed by atoms with Crippen LogP contribution in [0.5, 0.6) is 0 Å². The molecule has 1 aliphatic heterocycles. The third-order valence-electron chi connectivity index (χ3n) is 5.34. The van der Waals surface area contributed by atoms with Gasteiger partial charge in [0.1, 0.15) is 5.82 Å². The molecule has 4 nitrogen and oxygen atoms in total. The topological polar surface area (TPSA) is 45.2 Å². The normalized spacial score (nSPS) is 17.1. The zero-order valence-corrected chi connectivity index (χ0v) is 16.2. The zero-order chi connectivity index (χ0) is 20.1. The van der Waals surface area contributed by atoms with Crippen LogP contribution < -0.4 is 5.32 Å². The van der Waals surface area contributed by atoms with Crippen LogP contribution in [0.3, 0.4) is 0 Å². The van der Waals surface area contributed by atoms with Crippen LogP contribution >= 0.6 is 0 Å². The van der Waals surface area contributed by atoms with Crippen molar-refractivity contribution in [2.45, 2.75) is 25.4 Å². The molecule has 2 aromatic carbocycles. The number of hydrogen-bond acceptors (Lipinski definition) is 3. The monoisotopic (exact) mass is 389 g/mol. The number of pyridine rings is 1. The first-order valence-corrected chi connectivity index (χ1v) is 9.96. The maximum atomic E-state index is 14.7. The molecule has 148 valence electrons. The van der Waals surface area contributed by atoms with E-state index in [1.54, 1.807) is 18.5 Å². The van der Waals surface area contributed by atoms with Gasteiger partial charge in [0.15, 0.2) is 0 Å². The maximum Gasteiger partial charge on any atom is 0.251 e. The molecule has 0 saturated carbocycles.